The minimum Gasteiger partial charge on any atom is -0.497 e. The lowest BCUT2D eigenvalue weighted by atomic mass is 9.87. The summed E-state index contributed by atoms with van der Waals surface area (Å²) in [5, 5.41) is 10.9. The number of pyridine rings is 1. The summed E-state index contributed by atoms with van der Waals surface area (Å²) < 4.78 is 47.2. The summed E-state index contributed by atoms with van der Waals surface area (Å²) in [7, 11) is 5.85. The molecule has 2 atom stereocenters. The molecule has 2 amide bonds. The number of nitrogens with zero attached hydrogens (tertiary/aromatic N) is 4. The van der Waals surface area contributed by atoms with Crippen LogP contribution in [0.2, 0.25) is 5.15 Å². The van der Waals surface area contributed by atoms with Crippen molar-refractivity contribution in [2.24, 2.45) is 11.8 Å². The highest BCUT2D eigenvalue weighted by Crippen LogP contribution is 2.41. The molecular weight excluding hydrogens is 549 g/mol. The average Bonchev–Trinajstić information content (AvgIpc) is 2.91. The third-order valence-corrected chi connectivity index (χ3v) is 7.57. The molecule has 2 heterocycles. The summed E-state index contributed by atoms with van der Waals surface area (Å²) >= 11 is 6.26. The van der Waals surface area contributed by atoms with E-state index < -0.39 is 23.2 Å². The minimum atomic E-state index is -5.23. The largest absolute Gasteiger partial charge is 0.497 e. The molecule has 8 nitrogen and oxygen atoms in total. The fraction of sp³-hybridized carbons (Fsp3) is 0.536. The molecule has 1 aliphatic heterocycles. The van der Waals surface area contributed by atoms with Crippen molar-refractivity contribution in [2.45, 2.75) is 38.0 Å². The van der Waals surface area contributed by atoms with Crippen LogP contribution in [-0.2, 0) is 10.4 Å². The molecule has 0 bridgehead atoms. The fourth-order valence-corrected chi connectivity index (χ4v) is 5.36. The second-order valence-electron chi connectivity index (χ2n) is 10.6. The van der Waals surface area contributed by atoms with Gasteiger partial charge in [-0.25, -0.2) is 4.98 Å². The number of carbonyl (C=O) groups excluding carboxylic acids is 2. The van der Waals surface area contributed by atoms with Crippen LogP contribution in [0.25, 0.3) is 0 Å². The second-order valence-corrected chi connectivity index (χ2v) is 11.0. The summed E-state index contributed by atoms with van der Waals surface area (Å²) in [4.78, 5) is 34.1. The first kappa shape index (κ1) is 31.5. The van der Waals surface area contributed by atoms with Crippen LogP contribution in [-0.4, -0.2) is 85.8 Å². The van der Waals surface area contributed by atoms with Crippen molar-refractivity contribution in [2.75, 3.05) is 52.8 Å². The molecule has 1 fully saturated rings. The number of ether oxygens (including phenoxy) is 1. The van der Waals surface area contributed by atoms with Gasteiger partial charge in [-0.2, -0.15) is 13.2 Å². The highest BCUT2D eigenvalue weighted by atomic mass is 35.5. The van der Waals surface area contributed by atoms with Gasteiger partial charge in [-0.3, -0.25) is 9.59 Å². The number of anilines is 1. The molecule has 220 valence electrons. The lowest BCUT2D eigenvalue weighted by Gasteiger charge is -2.36. The Morgan fingerprint density at radius 2 is 1.82 bits per heavy atom. The van der Waals surface area contributed by atoms with E-state index in [9.17, 15) is 27.9 Å². The third-order valence-electron chi connectivity index (χ3n) is 7.28. The number of benzene rings is 1. The second kappa shape index (κ2) is 12.6. The number of halogens is 4. The molecule has 1 aromatic heterocycles. The van der Waals surface area contributed by atoms with E-state index in [1.54, 1.807) is 26.2 Å². The van der Waals surface area contributed by atoms with Crippen LogP contribution in [0.3, 0.4) is 0 Å². The summed E-state index contributed by atoms with van der Waals surface area (Å²) in [6.45, 7) is 3.36. The maximum Gasteiger partial charge on any atom is 0.430 e. The number of methoxy groups -OCH3 is 1. The molecule has 0 spiro atoms. The van der Waals surface area contributed by atoms with Crippen molar-refractivity contribution in [1.82, 2.24) is 14.8 Å². The van der Waals surface area contributed by atoms with Crippen LogP contribution in [0.15, 0.2) is 36.4 Å². The highest BCUT2D eigenvalue weighted by Gasteiger charge is 2.61. The number of carbonyl (C=O) groups is 2. The number of piperidine rings is 1. The van der Waals surface area contributed by atoms with Crippen molar-refractivity contribution in [3.05, 3.63) is 52.7 Å². The Hall–Kier alpha value is -3.05. The molecule has 1 aromatic carbocycles. The molecule has 1 aliphatic rings. The van der Waals surface area contributed by atoms with Crippen molar-refractivity contribution in [3.63, 3.8) is 0 Å². The van der Waals surface area contributed by atoms with Gasteiger partial charge in [0.1, 0.15) is 16.7 Å². The van der Waals surface area contributed by atoms with Crippen molar-refractivity contribution < 1.29 is 32.6 Å². The van der Waals surface area contributed by atoms with E-state index in [1.165, 1.54) is 31.2 Å². The maximum atomic E-state index is 14.1. The van der Waals surface area contributed by atoms with E-state index in [4.69, 9.17) is 16.3 Å². The van der Waals surface area contributed by atoms with Gasteiger partial charge in [0.25, 0.3) is 17.4 Å². The van der Waals surface area contributed by atoms with Gasteiger partial charge >= 0.3 is 6.18 Å². The summed E-state index contributed by atoms with van der Waals surface area (Å²) in [6, 6.07) is 8.26. The van der Waals surface area contributed by atoms with E-state index in [1.807, 2.05) is 6.92 Å². The predicted molar refractivity (Wildman–Crippen MR) is 147 cm³/mol. The van der Waals surface area contributed by atoms with Crippen LogP contribution in [0.5, 0.6) is 5.75 Å². The number of amides is 2. The van der Waals surface area contributed by atoms with Gasteiger partial charge in [0, 0.05) is 46.3 Å². The fourth-order valence-electron chi connectivity index (χ4n) is 5.13. The van der Waals surface area contributed by atoms with E-state index >= 15 is 0 Å². The molecule has 0 radical (unpaired) electrons. The quantitative estimate of drug-likeness (QED) is 0.434. The number of rotatable bonds is 9. The summed E-state index contributed by atoms with van der Waals surface area (Å²) in [5.41, 5.74) is -3.95. The normalized spacial score (nSPS) is 16.7. The molecule has 0 unspecified atom stereocenters. The molecule has 1 N–H and O–H groups in total. The molecule has 12 heteroatoms. The maximum absolute atomic E-state index is 14.1. The Morgan fingerprint density at radius 1 is 1.18 bits per heavy atom. The number of alkyl halides is 3. The van der Waals surface area contributed by atoms with Gasteiger partial charge in [-0.05, 0) is 55.4 Å². The summed E-state index contributed by atoms with van der Waals surface area (Å²) in [5.74, 6) is -0.671. The Bertz CT molecular complexity index is 1200. The van der Waals surface area contributed by atoms with E-state index in [0.29, 0.717) is 36.8 Å². The van der Waals surface area contributed by atoms with Crippen molar-refractivity contribution in [1.29, 1.82) is 0 Å². The van der Waals surface area contributed by atoms with Gasteiger partial charge in [0.05, 0.1) is 12.7 Å². The number of hydrogen-bond acceptors (Lipinski definition) is 6. The van der Waals surface area contributed by atoms with Gasteiger partial charge in [-0.1, -0.05) is 30.7 Å². The smallest absolute Gasteiger partial charge is 0.430 e. The number of likely N-dealkylation sites (N-methyl/N-ethyl adjacent to an activating group) is 1. The zero-order valence-corrected chi connectivity index (χ0v) is 24.1. The Labute approximate surface area is 237 Å². The number of aliphatic hydroxyl groups is 1. The van der Waals surface area contributed by atoms with Crippen molar-refractivity contribution >= 4 is 29.2 Å². The monoisotopic (exact) mass is 584 g/mol. The molecule has 0 saturated carbocycles. The third kappa shape index (κ3) is 6.80. The molecule has 3 rings (SSSR count). The van der Waals surface area contributed by atoms with Gasteiger partial charge in [0.2, 0.25) is 0 Å². The molecule has 1 saturated heterocycles. The van der Waals surface area contributed by atoms with Crippen LogP contribution in [0, 0.1) is 11.8 Å². The van der Waals surface area contributed by atoms with Gasteiger partial charge in [0.15, 0.2) is 0 Å². The van der Waals surface area contributed by atoms with Crippen LogP contribution in [0.4, 0.5) is 19.0 Å². The SMILES string of the molecule is COc1cccc([C@@](O)(C(=O)N(C)C[C@H](C)CC2CCN(c3ccc(C(=O)N(C)C)c(Cl)n3)CC2)C(F)(F)F)c1. The van der Waals surface area contributed by atoms with Gasteiger partial charge < -0.3 is 24.5 Å². The zero-order valence-electron chi connectivity index (χ0n) is 23.3. The van der Waals surface area contributed by atoms with Gasteiger partial charge in [-0.15, -0.1) is 0 Å². The summed E-state index contributed by atoms with van der Waals surface area (Å²) in [6.07, 6.45) is -2.86. The first-order valence-electron chi connectivity index (χ1n) is 13.0. The average molecular weight is 585 g/mol. The van der Waals surface area contributed by atoms with Crippen molar-refractivity contribution in [3.8, 4) is 5.75 Å². The van der Waals surface area contributed by atoms with Crippen LogP contribution in [0.1, 0.15) is 42.1 Å². The van der Waals surface area contributed by atoms with Crippen LogP contribution >= 0.6 is 11.6 Å². The first-order valence-corrected chi connectivity index (χ1v) is 13.4. The minimum absolute atomic E-state index is 0.0555. The molecule has 40 heavy (non-hydrogen) atoms. The van der Waals surface area contributed by atoms with E-state index in [0.717, 1.165) is 29.9 Å². The topological polar surface area (TPSA) is 86.2 Å². The first-order chi connectivity index (χ1) is 18.7. The van der Waals surface area contributed by atoms with E-state index in [-0.39, 0.29) is 29.3 Å². The Balaban J connectivity index is 1.60. The van der Waals surface area contributed by atoms with Crippen LogP contribution < -0.4 is 9.64 Å². The highest BCUT2D eigenvalue weighted by molar-refractivity contribution is 6.32. The zero-order chi connectivity index (χ0) is 29.8. The molecule has 2 aromatic rings. The Kier molecular flexibility index (Phi) is 9.94. The number of aromatic nitrogens is 1. The molecular formula is C28H36ClF3N4O4. The molecule has 0 aliphatic carbocycles. The lowest BCUT2D eigenvalue weighted by Crippen LogP contribution is -2.55. The van der Waals surface area contributed by atoms with E-state index in [2.05, 4.69) is 9.88 Å². The Morgan fingerprint density at radius 3 is 2.38 bits per heavy atom. The number of hydrogen-bond donors (Lipinski definition) is 1. The lowest BCUT2D eigenvalue weighted by molar-refractivity contribution is -0.261. The predicted octanol–water partition coefficient (Wildman–Crippen LogP) is 4.60. The standard InChI is InChI=1S/C28H36ClF3N4O4/c1-18(17-35(4)26(38)27(39,28(30,31)32)20-7-6-8-21(16-20)40-5)15-19-11-13-36(14-12-19)23-10-9-22(24(29)33-23)25(37)34(2)3/h6-10,16,18-19,39H,11-15,17H2,1-5H3/t18-,27-/m1/s1.